The zero-order chi connectivity index (χ0) is 34.0. The highest BCUT2D eigenvalue weighted by atomic mass is 16.4. The van der Waals surface area contributed by atoms with Crippen LogP contribution in [0.2, 0.25) is 0 Å². The second kappa shape index (κ2) is 26.8. The third-order valence-corrected chi connectivity index (χ3v) is 4.11. The molecule has 0 amide bonds. The number of guanidine groups is 1. The monoisotopic (exact) mass is 606 g/mol. The first-order valence-electron chi connectivity index (χ1n) is 12.2. The van der Waals surface area contributed by atoms with Crippen molar-refractivity contribution >= 4 is 35.8 Å². The molecule has 18 heteroatoms. The van der Waals surface area contributed by atoms with E-state index in [0.29, 0.717) is 25.8 Å². The van der Waals surface area contributed by atoms with E-state index >= 15 is 0 Å². The summed E-state index contributed by atoms with van der Waals surface area (Å²) in [5, 5.41) is 49.8. The fourth-order valence-corrected chi connectivity index (χ4v) is 1.62. The molecule has 5 atom stereocenters. The molecule has 1 aromatic carbocycles. The molecular weight excluding hydrogens is 560 g/mol. The molecular formula is C24H46N8O10. The Kier molecular flexibility index (Phi) is 28.5. The van der Waals surface area contributed by atoms with Gasteiger partial charge in [0, 0.05) is 6.54 Å². The minimum absolute atomic E-state index is 0.112. The largest absolute Gasteiger partial charge is 0.480 e. The lowest BCUT2D eigenvalue weighted by Crippen LogP contribution is -2.34. The summed E-state index contributed by atoms with van der Waals surface area (Å²) in [5.74, 6) is -4.96. The van der Waals surface area contributed by atoms with Crippen LogP contribution >= 0.6 is 0 Å². The van der Waals surface area contributed by atoms with Crippen LogP contribution in [0.4, 0.5) is 0 Å². The van der Waals surface area contributed by atoms with E-state index in [4.69, 9.17) is 65.3 Å². The average Bonchev–Trinajstić information content (AvgIpc) is 2.88. The van der Waals surface area contributed by atoms with E-state index in [1.54, 1.807) is 0 Å². The number of nitrogens with two attached hydrogens (primary N) is 6. The SMILES string of the molecule is C[C@H](N)C(=O)O.C[C@H](N)C(=O)O.C[C@H](N)C(=O)O.N=C(N)NCCC[C@H](N)C(=O)O.N[C@@H](Cc1ccccc1)C(=O)O. The highest BCUT2D eigenvalue weighted by Gasteiger charge is 2.11. The maximum atomic E-state index is 10.4. The second-order valence-corrected chi connectivity index (χ2v) is 8.44. The van der Waals surface area contributed by atoms with Crippen molar-refractivity contribution < 1.29 is 49.5 Å². The zero-order valence-corrected chi connectivity index (χ0v) is 23.8. The van der Waals surface area contributed by atoms with Crippen LogP contribution in [0.15, 0.2) is 30.3 Å². The molecule has 0 heterocycles. The van der Waals surface area contributed by atoms with Gasteiger partial charge in [0.05, 0.1) is 0 Å². The first-order valence-corrected chi connectivity index (χ1v) is 12.2. The molecule has 18 nitrogen and oxygen atoms in total. The van der Waals surface area contributed by atoms with Crippen molar-refractivity contribution in [3.63, 3.8) is 0 Å². The molecule has 0 radical (unpaired) electrons. The van der Waals surface area contributed by atoms with Gasteiger partial charge in [-0.3, -0.25) is 29.4 Å². The summed E-state index contributed by atoms with van der Waals surface area (Å²) in [6, 6.07) is 5.53. The Labute approximate surface area is 243 Å². The van der Waals surface area contributed by atoms with Crippen LogP contribution < -0.4 is 39.7 Å². The fraction of sp³-hybridized carbons (Fsp3) is 0.500. The van der Waals surface area contributed by atoms with Gasteiger partial charge in [-0.1, -0.05) is 30.3 Å². The van der Waals surface area contributed by atoms with E-state index in [2.05, 4.69) is 5.32 Å². The first-order chi connectivity index (χ1) is 19.2. The predicted octanol–water partition coefficient (Wildman–Crippen LogP) is -2.44. The van der Waals surface area contributed by atoms with Gasteiger partial charge in [0.15, 0.2) is 5.96 Å². The normalized spacial score (nSPS) is 12.9. The van der Waals surface area contributed by atoms with Gasteiger partial charge in [-0.05, 0) is 45.6 Å². The molecule has 1 aromatic rings. The van der Waals surface area contributed by atoms with Crippen LogP contribution in [-0.2, 0) is 30.4 Å². The number of carboxylic acids is 5. The summed E-state index contributed by atoms with van der Waals surface area (Å²) in [7, 11) is 0. The van der Waals surface area contributed by atoms with E-state index in [9.17, 15) is 24.0 Å². The van der Waals surface area contributed by atoms with Gasteiger partial charge in [-0.15, -0.1) is 0 Å². The lowest BCUT2D eigenvalue weighted by Gasteiger charge is -2.06. The van der Waals surface area contributed by atoms with Crippen LogP contribution in [0, 0.1) is 5.41 Å². The molecule has 1 rings (SSSR count). The maximum absolute atomic E-state index is 10.4. The highest BCUT2D eigenvalue weighted by molar-refractivity contribution is 5.75. The van der Waals surface area contributed by atoms with Crippen molar-refractivity contribution in [1.82, 2.24) is 5.32 Å². The van der Waals surface area contributed by atoms with Crippen LogP contribution in [0.3, 0.4) is 0 Å². The number of carbonyl (C=O) groups is 5. The van der Waals surface area contributed by atoms with Crippen molar-refractivity contribution in [3.8, 4) is 0 Å². The van der Waals surface area contributed by atoms with E-state index < -0.39 is 60.1 Å². The molecule has 242 valence electrons. The highest BCUT2D eigenvalue weighted by Crippen LogP contribution is 2.01. The number of aliphatic carboxylic acids is 5. The molecule has 0 fully saturated rings. The Hall–Kier alpha value is -4.36. The summed E-state index contributed by atoms with van der Waals surface area (Å²) in [4.78, 5) is 49.3. The van der Waals surface area contributed by atoms with Crippen molar-refractivity contribution in [2.24, 2.45) is 34.4 Å². The third-order valence-electron chi connectivity index (χ3n) is 4.11. The topological polar surface area (TPSA) is 378 Å². The van der Waals surface area contributed by atoms with Crippen molar-refractivity contribution in [2.45, 2.75) is 70.2 Å². The molecule has 0 unspecified atom stereocenters. The summed E-state index contributed by atoms with van der Waals surface area (Å²) >= 11 is 0. The van der Waals surface area contributed by atoms with Gasteiger partial charge in [-0.2, -0.15) is 0 Å². The smallest absolute Gasteiger partial charge is 0.320 e. The lowest BCUT2D eigenvalue weighted by molar-refractivity contribution is -0.139. The molecule has 0 aliphatic heterocycles. The molecule has 0 aliphatic rings. The van der Waals surface area contributed by atoms with Crippen LogP contribution in [0.5, 0.6) is 0 Å². The summed E-state index contributed by atoms with van der Waals surface area (Å²) < 4.78 is 0. The van der Waals surface area contributed by atoms with E-state index in [0.717, 1.165) is 5.56 Å². The van der Waals surface area contributed by atoms with Gasteiger partial charge in [0.1, 0.15) is 30.2 Å². The van der Waals surface area contributed by atoms with Gasteiger partial charge < -0.3 is 65.3 Å². The van der Waals surface area contributed by atoms with Gasteiger partial charge >= 0.3 is 29.8 Å². The Balaban J connectivity index is -0.000000225. The van der Waals surface area contributed by atoms with Crippen LogP contribution in [-0.4, -0.2) is 98.1 Å². The quantitative estimate of drug-likeness (QED) is 0.0706. The van der Waals surface area contributed by atoms with Gasteiger partial charge in [0.25, 0.3) is 0 Å². The average molecular weight is 607 g/mol. The summed E-state index contributed by atoms with van der Waals surface area (Å²) in [6.45, 7) is 4.74. The molecule has 0 bridgehead atoms. The van der Waals surface area contributed by atoms with Crippen molar-refractivity contribution in [2.75, 3.05) is 6.54 Å². The lowest BCUT2D eigenvalue weighted by atomic mass is 10.1. The van der Waals surface area contributed by atoms with Crippen LogP contribution in [0.25, 0.3) is 0 Å². The first kappa shape index (κ1) is 44.7. The standard InChI is InChI=1S/C9H11NO2.C6H14N4O2.3C3H7NO2/c10-8(9(11)12)6-7-4-2-1-3-5-7;7-4(5(11)12)2-1-3-10-6(8)9;3*1-2(4)3(5)6/h1-5,8H,6,10H2,(H,11,12);4H,1-3,7H2,(H,11,12)(H4,8,9,10);3*2H,4H2,1H3,(H,5,6)/t8-;4-;3*2-/m00000/s1. The zero-order valence-electron chi connectivity index (χ0n) is 23.8. The molecule has 0 spiro atoms. The maximum Gasteiger partial charge on any atom is 0.320 e. The molecule has 0 saturated carbocycles. The number of nitrogens with one attached hydrogen (secondary N) is 2. The second-order valence-electron chi connectivity index (χ2n) is 8.44. The molecule has 0 aliphatic carbocycles. The number of rotatable bonds is 11. The third kappa shape index (κ3) is 35.6. The Morgan fingerprint density at radius 2 is 1.02 bits per heavy atom. The fourth-order valence-electron chi connectivity index (χ4n) is 1.62. The van der Waals surface area contributed by atoms with E-state index in [1.165, 1.54) is 20.8 Å². The molecule has 19 N–H and O–H groups in total. The number of carboxylic acid groups (broad SMARTS) is 5. The minimum Gasteiger partial charge on any atom is -0.480 e. The minimum atomic E-state index is -1.00. The summed E-state index contributed by atoms with van der Waals surface area (Å²) in [5.41, 5.74) is 31.0. The molecule has 0 saturated heterocycles. The Morgan fingerprint density at radius 1 is 0.690 bits per heavy atom. The van der Waals surface area contributed by atoms with Crippen molar-refractivity contribution in [3.05, 3.63) is 35.9 Å². The number of benzene rings is 1. The summed E-state index contributed by atoms with van der Waals surface area (Å²) in [6.07, 6.45) is 1.36. The molecule has 42 heavy (non-hydrogen) atoms. The Bertz CT molecular complexity index is 888. The van der Waals surface area contributed by atoms with Gasteiger partial charge in [-0.25, -0.2) is 0 Å². The van der Waals surface area contributed by atoms with Gasteiger partial charge in [0.2, 0.25) is 0 Å². The van der Waals surface area contributed by atoms with Crippen LogP contribution in [0.1, 0.15) is 39.2 Å². The van der Waals surface area contributed by atoms with E-state index in [1.807, 2.05) is 30.3 Å². The van der Waals surface area contributed by atoms with Crippen molar-refractivity contribution in [1.29, 1.82) is 5.41 Å². The number of hydrogen-bond acceptors (Lipinski definition) is 11. The Morgan fingerprint density at radius 3 is 1.29 bits per heavy atom. The predicted molar refractivity (Wildman–Crippen MR) is 154 cm³/mol. The van der Waals surface area contributed by atoms with E-state index in [-0.39, 0.29) is 5.96 Å². The number of hydrogen-bond donors (Lipinski definition) is 13. The molecule has 0 aromatic heterocycles.